The predicted octanol–water partition coefficient (Wildman–Crippen LogP) is -4.14. The molecule has 0 bridgehead atoms. The van der Waals surface area contributed by atoms with Crippen LogP contribution in [0.4, 0.5) is 0 Å². The van der Waals surface area contributed by atoms with Crippen LogP contribution in [0.15, 0.2) is 0 Å². The quantitative estimate of drug-likeness (QED) is 0.196. The maximum atomic E-state index is 7.18. The van der Waals surface area contributed by atoms with Crippen molar-refractivity contribution in [2.75, 3.05) is 0 Å². The summed E-state index contributed by atoms with van der Waals surface area (Å²) in [4.78, 5) is 0. The first-order chi connectivity index (χ1) is 1.41. The molecule has 6 heavy (non-hydrogen) atoms. The summed E-state index contributed by atoms with van der Waals surface area (Å²) in [5.74, 6) is 0. The summed E-state index contributed by atoms with van der Waals surface area (Å²) in [6.07, 6.45) is 0. The summed E-state index contributed by atoms with van der Waals surface area (Å²) >= 11 is 3.09. The molecule has 3 nitrogen and oxygen atoms in total. The molecule has 0 aromatic rings. The molecule has 0 saturated carbocycles. The van der Waals surface area contributed by atoms with Crippen LogP contribution >= 0.6 is 12.6 Å². The molecular weight excluding hydrogens is 113 g/mol. The van der Waals surface area contributed by atoms with Gasteiger partial charge in [0.15, 0.2) is 0 Å². The molecule has 0 amide bonds. The van der Waals surface area contributed by atoms with Crippen molar-refractivity contribution in [2.24, 2.45) is 0 Å². The molecule has 0 radical (unpaired) electrons. The average Bonchev–Trinajstić information content (AvgIpc) is 0.918. The minimum absolute atomic E-state index is 0. The van der Waals surface area contributed by atoms with Crippen LogP contribution in [-0.4, -0.2) is 11.0 Å². The third kappa shape index (κ3) is 117. The van der Waals surface area contributed by atoms with Gasteiger partial charge in [0.1, 0.15) is 5.40 Å². The largest absolute Gasteiger partial charge is 1.00 e. The Morgan fingerprint density at radius 2 is 1.50 bits per heavy atom. The van der Waals surface area contributed by atoms with Crippen LogP contribution in [0.2, 0.25) is 0 Å². The van der Waals surface area contributed by atoms with E-state index >= 15 is 0 Å². The van der Waals surface area contributed by atoms with Crippen molar-refractivity contribution in [3.63, 3.8) is 0 Å². The minimum atomic E-state index is 0. The molecule has 0 aliphatic rings. The van der Waals surface area contributed by atoms with Gasteiger partial charge in [-0.05, 0) is 0 Å². The van der Waals surface area contributed by atoms with Crippen molar-refractivity contribution < 1.29 is 41.9 Å². The number of thiol groups is 1. The Morgan fingerprint density at radius 3 is 1.50 bits per heavy atom. The summed E-state index contributed by atoms with van der Waals surface area (Å²) in [7, 11) is 0. The molecule has 0 spiro atoms. The third-order valence-corrected chi connectivity index (χ3v) is 0. The summed E-state index contributed by atoms with van der Waals surface area (Å²) in [6, 6.07) is 0. The van der Waals surface area contributed by atoms with E-state index in [-0.39, 0.29) is 41.9 Å². The molecule has 0 atom stereocenters. The van der Waals surface area contributed by atoms with Gasteiger partial charge in [-0.3, -0.25) is 0 Å². The van der Waals surface area contributed by atoms with Crippen molar-refractivity contribution in [2.45, 2.75) is 0 Å². The van der Waals surface area contributed by atoms with E-state index in [9.17, 15) is 0 Å². The second kappa shape index (κ2) is 42.1. The third-order valence-electron chi connectivity index (χ3n) is 0. The maximum absolute atomic E-state index is 7.18. The fraction of sp³-hybridized carbons (Fsp3) is 0. The van der Waals surface area contributed by atoms with Crippen molar-refractivity contribution in [1.82, 2.24) is 0 Å². The zero-order chi connectivity index (χ0) is 2.71. The first kappa shape index (κ1) is 29.4. The Labute approximate surface area is 65.1 Å². The molecule has 0 fully saturated rings. The Bertz CT molecular complexity index is 39.2. The number of nitrogens with zero attached hydrogens (tertiary/aromatic N) is 1. The molecule has 5 heteroatoms. The molecule has 34 valence electrons. The van der Waals surface area contributed by atoms with Crippen molar-refractivity contribution in [3.8, 4) is 5.40 Å². The van der Waals surface area contributed by atoms with Crippen LogP contribution in [0, 0.1) is 10.7 Å². The van der Waals surface area contributed by atoms with Gasteiger partial charge in [0.05, 0.1) is 0 Å². The van der Waals surface area contributed by atoms with Crippen LogP contribution in [0.3, 0.4) is 0 Å². The van der Waals surface area contributed by atoms with Gasteiger partial charge in [0.2, 0.25) is 0 Å². The van der Waals surface area contributed by atoms with Gasteiger partial charge in [-0.1, -0.05) is 12.6 Å². The fourth-order valence-electron chi connectivity index (χ4n) is 0. The average molecular weight is 119 g/mol. The maximum Gasteiger partial charge on any atom is 1.00 e. The monoisotopic (exact) mass is 119 g/mol. The summed E-state index contributed by atoms with van der Waals surface area (Å²) in [5, 5.41) is 8.63. The molecule has 4 N–H and O–H groups in total. The second-order valence-electron chi connectivity index (χ2n) is 0.100. The number of rotatable bonds is 0. The number of hydrogen-bond acceptors (Lipinski definition) is 2. The standard InChI is InChI=1S/CHNS.Na.2H2O.H/c2-1-3;;;;/h3H;;2*1H2;/q;+1;;;-1. The van der Waals surface area contributed by atoms with Crippen LogP contribution in [0.1, 0.15) is 1.43 Å². The second-order valence-corrected chi connectivity index (χ2v) is 0.300. The SMILES string of the molecule is N#CS.O.O.[H-].[Na+]. The predicted molar refractivity (Wildman–Crippen MR) is 22.9 cm³/mol. The van der Waals surface area contributed by atoms with E-state index in [1.807, 2.05) is 0 Å². The van der Waals surface area contributed by atoms with E-state index in [1.54, 1.807) is 0 Å². The molecule has 0 aromatic carbocycles. The summed E-state index contributed by atoms with van der Waals surface area (Å²) in [6.45, 7) is 0. The van der Waals surface area contributed by atoms with E-state index in [0.717, 1.165) is 0 Å². The first-order valence-electron chi connectivity index (χ1n) is 0.447. The molecule has 0 aromatic heterocycles. The molecule has 0 aliphatic carbocycles. The van der Waals surface area contributed by atoms with E-state index in [2.05, 4.69) is 12.6 Å². The zero-order valence-corrected chi connectivity index (χ0v) is 6.29. The van der Waals surface area contributed by atoms with Crippen molar-refractivity contribution >= 4 is 12.6 Å². The minimum Gasteiger partial charge on any atom is -1.00 e. The van der Waals surface area contributed by atoms with Gasteiger partial charge in [-0.15, -0.1) is 0 Å². The summed E-state index contributed by atoms with van der Waals surface area (Å²) < 4.78 is 0. The van der Waals surface area contributed by atoms with Gasteiger partial charge in [-0.25, -0.2) is 0 Å². The van der Waals surface area contributed by atoms with Crippen molar-refractivity contribution in [1.29, 1.82) is 5.26 Å². The number of thiocyanates is 1. The zero-order valence-electron chi connectivity index (χ0n) is 4.39. The molecule has 0 unspecified atom stereocenters. The Morgan fingerprint density at radius 1 is 1.50 bits per heavy atom. The topological polar surface area (TPSA) is 86.8 Å². The smallest absolute Gasteiger partial charge is 1.00 e. The van der Waals surface area contributed by atoms with Crippen LogP contribution in [0.25, 0.3) is 0 Å². The van der Waals surface area contributed by atoms with Crippen LogP contribution in [0.5, 0.6) is 0 Å². The number of nitriles is 1. The van der Waals surface area contributed by atoms with Crippen LogP contribution in [-0.2, 0) is 0 Å². The van der Waals surface area contributed by atoms with E-state index in [0.29, 0.717) is 0 Å². The molecule has 0 aliphatic heterocycles. The van der Waals surface area contributed by atoms with Gasteiger partial charge in [-0.2, -0.15) is 5.26 Å². The molecular formula is CH6NNaO2S. The Balaban J connectivity index is -0.00000000333. The molecule has 0 saturated heterocycles. The molecule has 0 heterocycles. The van der Waals surface area contributed by atoms with Crippen molar-refractivity contribution in [3.05, 3.63) is 0 Å². The van der Waals surface area contributed by atoms with Gasteiger partial charge >= 0.3 is 29.6 Å². The van der Waals surface area contributed by atoms with E-state index in [4.69, 9.17) is 5.26 Å². The number of hydrogen-bond donors (Lipinski definition) is 1. The summed E-state index contributed by atoms with van der Waals surface area (Å²) in [5.41, 5.74) is 0. The van der Waals surface area contributed by atoms with E-state index in [1.165, 1.54) is 5.40 Å². The van der Waals surface area contributed by atoms with Gasteiger partial charge in [0.25, 0.3) is 0 Å². The van der Waals surface area contributed by atoms with Gasteiger partial charge in [0, 0.05) is 0 Å². The first-order valence-corrected chi connectivity index (χ1v) is 0.894. The van der Waals surface area contributed by atoms with Crippen LogP contribution < -0.4 is 29.6 Å². The Hall–Kier alpha value is 0.760. The fourth-order valence-corrected chi connectivity index (χ4v) is 0. The van der Waals surface area contributed by atoms with Gasteiger partial charge < -0.3 is 12.4 Å². The molecule has 0 rings (SSSR count). The normalized spacial score (nSPS) is 1.33. The van der Waals surface area contributed by atoms with E-state index < -0.39 is 0 Å². The Kier molecular flexibility index (Phi) is 207.